The minimum absolute atomic E-state index is 0. The number of aliphatic imine (C=N–C) groups is 1. The number of thiophene rings is 1. The van der Waals surface area contributed by atoms with Gasteiger partial charge in [-0.3, -0.25) is 9.79 Å². The summed E-state index contributed by atoms with van der Waals surface area (Å²) in [4.78, 5) is 22.7. The summed E-state index contributed by atoms with van der Waals surface area (Å²) in [6, 6.07) is 12.8. The zero-order chi connectivity index (χ0) is 19.3. The van der Waals surface area contributed by atoms with Crippen LogP contribution in [0.25, 0.3) is 0 Å². The summed E-state index contributed by atoms with van der Waals surface area (Å²) in [6.07, 6.45) is 3.24. The van der Waals surface area contributed by atoms with E-state index in [0.29, 0.717) is 12.5 Å². The van der Waals surface area contributed by atoms with E-state index in [1.165, 1.54) is 16.0 Å². The molecule has 1 saturated heterocycles. The molecule has 1 atom stereocenters. The number of likely N-dealkylation sites (tertiary alicyclic amines) is 1. The molecule has 0 spiro atoms. The number of nitrogens with zero attached hydrogens (tertiary/aromatic N) is 3. The van der Waals surface area contributed by atoms with Crippen molar-refractivity contribution in [3.8, 4) is 0 Å². The molecule has 7 heteroatoms. The van der Waals surface area contributed by atoms with Gasteiger partial charge in [-0.2, -0.15) is 0 Å². The van der Waals surface area contributed by atoms with Crippen molar-refractivity contribution in [3.63, 3.8) is 0 Å². The van der Waals surface area contributed by atoms with E-state index in [0.717, 1.165) is 51.4 Å². The van der Waals surface area contributed by atoms with Crippen LogP contribution in [0.1, 0.15) is 22.4 Å². The van der Waals surface area contributed by atoms with Crippen LogP contribution >= 0.6 is 35.3 Å². The average Bonchev–Trinajstić information content (AvgIpc) is 3.38. The van der Waals surface area contributed by atoms with Gasteiger partial charge in [0, 0.05) is 38.1 Å². The summed E-state index contributed by atoms with van der Waals surface area (Å²) >= 11 is 1.80. The van der Waals surface area contributed by atoms with Gasteiger partial charge >= 0.3 is 0 Å². The van der Waals surface area contributed by atoms with Crippen LogP contribution in [0.2, 0.25) is 0 Å². The first-order valence-corrected chi connectivity index (χ1v) is 10.9. The first-order chi connectivity index (χ1) is 13.7. The molecule has 29 heavy (non-hydrogen) atoms. The Hall–Kier alpha value is -1.61. The lowest BCUT2D eigenvalue weighted by molar-refractivity contribution is -0.130. The lowest BCUT2D eigenvalue weighted by Gasteiger charge is -2.28. The fraction of sp³-hybridized carbons (Fsp3) is 0.455. The van der Waals surface area contributed by atoms with E-state index in [4.69, 9.17) is 0 Å². The quantitative estimate of drug-likeness (QED) is 0.379. The summed E-state index contributed by atoms with van der Waals surface area (Å²) in [6.45, 7) is 3.85. The van der Waals surface area contributed by atoms with Crippen LogP contribution in [-0.4, -0.2) is 54.9 Å². The maximum atomic E-state index is 12.7. The number of hydrogen-bond donors (Lipinski definition) is 1. The molecule has 1 fully saturated rings. The van der Waals surface area contributed by atoms with E-state index >= 15 is 0 Å². The molecule has 1 unspecified atom stereocenters. The van der Waals surface area contributed by atoms with Gasteiger partial charge in [0.1, 0.15) is 0 Å². The Balaban J connectivity index is 0.00000240. The van der Waals surface area contributed by atoms with Crippen molar-refractivity contribution in [1.29, 1.82) is 0 Å². The summed E-state index contributed by atoms with van der Waals surface area (Å²) < 4.78 is 0. The highest BCUT2D eigenvalue weighted by molar-refractivity contribution is 14.0. The highest BCUT2D eigenvalue weighted by Crippen LogP contribution is 2.24. The number of carbonyl (C=O) groups is 1. The Bertz CT molecular complexity index is 838. The molecule has 1 N–H and O–H groups in total. The average molecular weight is 524 g/mol. The normalized spacial score (nSPS) is 18.9. The third-order valence-electron chi connectivity index (χ3n) is 5.72. The lowest BCUT2D eigenvalue weighted by Crippen LogP contribution is -2.46. The largest absolute Gasteiger partial charge is 0.347 e. The molecule has 3 heterocycles. The molecule has 1 aromatic carbocycles. The van der Waals surface area contributed by atoms with E-state index in [1.54, 1.807) is 18.4 Å². The minimum Gasteiger partial charge on any atom is -0.347 e. The summed E-state index contributed by atoms with van der Waals surface area (Å²) in [5, 5.41) is 5.42. The van der Waals surface area contributed by atoms with Crippen molar-refractivity contribution in [2.75, 3.05) is 33.2 Å². The van der Waals surface area contributed by atoms with Crippen LogP contribution in [0, 0.1) is 5.92 Å². The van der Waals surface area contributed by atoms with Crippen LogP contribution in [0.3, 0.4) is 0 Å². The lowest BCUT2D eigenvalue weighted by atomic mass is 9.99. The Morgan fingerprint density at radius 2 is 2.03 bits per heavy atom. The number of rotatable bonds is 4. The Labute approximate surface area is 194 Å². The maximum absolute atomic E-state index is 12.7. The number of nitrogens with one attached hydrogen (secondary N) is 1. The van der Waals surface area contributed by atoms with Gasteiger partial charge < -0.3 is 15.1 Å². The van der Waals surface area contributed by atoms with Crippen molar-refractivity contribution >= 4 is 47.2 Å². The molecule has 0 saturated carbocycles. The standard InChI is InChI=1S/C22H28N4OS.HI/c1-23-22(26-10-7-18(15-26)13-17-5-3-2-4-6-17)24-14-21(27)25-11-8-20-19(16-25)9-12-28-20;/h2-6,9,12,18H,7-8,10-11,13-16H2,1H3,(H,23,24);1H. The van der Waals surface area contributed by atoms with Crippen LogP contribution < -0.4 is 5.32 Å². The molecule has 0 bridgehead atoms. The highest BCUT2D eigenvalue weighted by atomic mass is 127. The van der Waals surface area contributed by atoms with Gasteiger partial charge in [0.2, 0.25) is 5.91 Å². The second-order valence-corrected chi connectivity index (χ2v) is 8.63. The van der Waals surface area contributed by atoms with E-state index in [9.17, 15) is 4.79 Å². The number of carbonyl (C=O) groups excluding carboxylic acids is 1. The molecule has 1 amide bonds. The third-order valence-corrected chi connectivity index (χ3v) is 6.75. The number of hydrogen-bond acceptors (Lipinski definition) is 3. The molecule has 4 rings (SSSR count). The number of benzene rings is 1. The topological polar surface area (TPSA) is 47.9 Å². The van der Waals surface area contributed by atoms with Crippen LogP contribution in [0.5, 0.6) is 0 Å². The van der Waals surface area contributed by atoms with Crippen molar-refractivity contribution in [2.45, 2.75) is 25.8 Å². The predicted molar refractivity (Wildman–Crippen MR) is 130 cm³/mol. The molecule has 0 radical (unpaired) electrons. The fourth-order valence-electron chi connectivity index (χ4n) is 4.20. The maximum Gasteiger partial charge on any atom is 0.242 e. The van der Waals surface area contributed by atoms with E-state index in [-0.39, 0.29) is 29.9 Å². The fourth-order valence-corrected chi connectivity index (χ4v) is 5.09. The first kappa shape index (κ1) is 22.1. The van der Waals surface area contributed by atoms with Gasteiger partial charge in [0.05, 0.1) is 6.54 Å². The number of halogens is 1. The Morgan fingerprint density at radius 1 is 1.21 bits per heavy atom. The van der Waals surface area contributed by atoms with Crippen molar-refractivity contribution in [3.05, 3.63) is 57.8 Å². The second kappa shape index (κ2) is 10.4. The molecule has 2 aliphatic heterocycles. The molecular weight excluding hydrogens is 495 g/mol. The third kappa shape index (κ3) is 5.51. The zero-order valence-electron chi connectivity index (χ0n) is 16.8. The summed E-state index contributed by atoms with van der Waals surface area (Å²) in [5.74, 6) is 1.63. The number of guanidine groups is 1. The van der Waals surface area contributed by atoms with Crippen LogP contribution in [0.4, 0.5) is 0 Å². The Kier molecular flexibility index (Phi) is 7.94. The van der Waals surface area contributed by atoms with Crippen molar-refractivity contribution in [2.24, 2.45) is 10.9 Å². The van der Waals surface area contributed by atoms with Crippen LogP contribution in [0.15, 0.2) is 46.8 Å². The van der Waals surface area contributed by atoms with E-state index in [2.05, 4.69) is 57.0 Å². The van der Waals surface area contributed by atoms with Gasteiger partial charge in [-0.15, -0.1) is 35.3 Å². The zero-order valence-corrected chi connectivity index (χ0v) is 20.0. The van der Waals surface area contributed by atoms with Gasteiger partial charge in [-0.25, -0.2) is 0 Å². The molecule has 2 aromatic rings. The summed E-state index contributed by atoms with van der Waals surface area (Å²) in [5.41, 5.74) is 2.70. The minimum atomic E-state index is 0. The highest BCUT2D eigenvalue weighted by Gasteiger charge is 2.26. The first-order valence-electron chi connectivity index (χ1n) is 10.1. The number of fused-ring (bicyclic) bond motifs is 1. The van der Waals surface area contributed by atoms with Gasteiger partial charge in [0.15, 0.2) is 5.96 Å². The van der Waals surface area contributed by atoms with Crippen molar-refractivity contribution < 1.29 is 4.79 Å². The monoisotopic (exact) mass is 524 g/mol. The molecule has 2 aliphatic rings. The molecule has 5 nitrogen and oxygen atoms in total. The number of amides is 1. The van der Waals surface area contributed by atoms with Gasteiger partial charge in [-0.1, -0.05) is 30.3 Å². The van der Waals surface area contributed by atoms with Gasteiger partial charge in [-0.05, 0) is 47.8 Å². The molecule has 1 aromatic heterocycles. The molecule has 0 aliphatic carbocycles. The van der Waals surface area contributed by atoms with Crippen molar-refractivity contribution in [1.82, 2.24) is 15.1 Å². The predicted octanol–water partition coefficient (Wildman–Crippen LogP) is 3.39. The SMILES string of the molecule is CN=C(NCC(=O)N1CCc2sccc2C1)N1CCC(Cc2ccccc2)C1.I. The van der Waals surface area contributed by atoms with Crippen LogP contribution in [-0.2, 0) is 24.2 Å². The smallest absolute Gasteiger partial charge is 0.242 e. The van der Waals surface area contributed by atoms with Gasteiger partial charge in [0.25, 0.3) is 0 Å². The second-order valence-electron chi connectivity index (χ2n) is 7.63. The summed E-state index contributed by atoms with van der Waals surface area (Å²) in [7, 11) is 1.80. The Morgan fingerprint density at radius 3 is 2.83 bits per heavy atom. The molecular formula is C22H29IN4OS. The molecule has 156 valence electrons. The van der Waals surface area contributed by atoms with E-state index in [1.807, 2.05) is 4.90 Å². The van der Waals surface area contributed by atoms with E-state index < -0.39 is 0 Å².